The number of methoxy groups -OCH3 is 2. The maximum absolute atomic E-state index is 12.5. The molecule has 9 nitrogen and oxygen atoms in total. The molecule has 166 valence electrons. The summed E-state index contributed by atoms with van der Waals surface area (Å²) in [5.74, 6) is 0.162. The number of para-hydroxylation sites is 1. The fourth-order valence-electron chi connectivity index (χ4n) is 3.71. The highest BCUT2D eigenvalue weighted by molar-refractivity contribution is 5.95. The summed E-state index contributed by atoms with van der Waals surface area (Å²) in [5.41, 5.74) is 2.19. The van der Waals surface area contributed by atoms with Crippen LogP contribution in [0.4, 0.5) is 16.2 Å². The van der Waals surface area contributed by atoms with Crippen molar-refractivity contribution in [3.05, 3.63) is 66.5 Å². The van der Waals surface area contributed by atoms with Crippen molar-refractivity contribution in [1.82, 2.24) is 9.88 Å². The van der Waals surface area contributed by atoms with Crippen LogP contribution in [0.3, 0.4) is 0 Å². The van der Waals surface area contributed by atoms with Crippen LogP contribution in [0, 0.1) is 0 Å². The van der Waals surface area contributed by atoms with E-state index in [1.165, 1.54) is 0 Å². The normalized spacial score (nSPS) is 13.2. The molecule has 32 heavy (non-hydrogen) atoms. The number of hydrogen-bond donors (Lipinski definition) is 3. The van der Waals surface area contributed by atoms with E-state index >= 15 is 0 Å². The highest BCUT2D eigenvalue weighted by atomic mass is 16.5. The number of aromatic carboxylic acids is 1. The Kier molecular flexibility index (Phi) is 5.89. The van der Waals surface area contributed by atoms with Crippen molar-refractivity contribution in [2.45, 2.75) is 6.04 Å². The molecule has 4 rings (SSSR count). The predicted molar refractivity (Wildman–Crippen MR) is 120 cm³/mol. The van der Waals surface area contributed by atoms with E-state index in [1.54, 1.807) is 49.1 Å². The first-order valence-corrected chi connectivity index (χ1v) is 10.0. The van der Waals surface area contributed by atoms with Gasteiger partial charge in [0.1, 0.15) is 11.5 Å². The van der Waals surface area contributed by atoms with Crippen LogP contribution in [0.1, 0.15) is 10.4 Å². The lowest BCUT2D eigenvalue weighted by Crippen LogP contribution is -2.60. The number of rotatable bonds is 7. The number of carbonyl (C=O) groups excluding carboxylic acids is 1. The Morgan fingerprint density at radius 1 is 1.00 bits per heavy atom. The molecule has 1 aromatic heterocycles. The van der Waals surface area contributed by atoms with Gasteiger partial charge in [-0.3, -0.25) is 0 Å². The van der Waals surface area contributed by atoms with E-state index in [0.717, 1.165) is 5.69 Å². The first-order chi connectivity index (χ1) is 15.5. The van der Waals surface area contributed by atoms with Crippen molar-refractivity contribution >= 4 is 23.4 Å². The predicted octanol–water partition coefficient (Wildman–Crippen LogP) is 3.20. The van der Waals surface area contributed by atoms with Crippen molar-refractivity contribution in [3.63, 3.8) is 0 Å². The quantitative estimate of drug-likeness (QED) is 0.525. The van der Waals surface area contributed by atoms with E-state index in [9.17, 15) is 14.7 Å². The molecule has 0 aliphatic carbocycles. The highest BCUT2D eigenvalue weighted by Gasteiger charge is 2.31. The van der Waals surface area contributed by atoms with E-state index in [-0.39, 0.29) is 17.6 Å². The summed E-state index contributed by atoms with van der Waals surface area (Å²) >= 11 is 0. The number of benzene rings is 2. The lowest BCUT2D eigenvalue weighted by Gasteiger charge is -2.42. The Balaban J connectivity index is 1.43. The van der Waals surface area contributed by atoms with E-state index in [4.69, 9.17) is 9.47 Å². The van der Waals surface area contributed by atoms with Gasteiger partial charge in [0.2, 0.25) is 0 Å². The van der Waals surface area contributed by atoms with Gasteiger partial charge in [-0.05, 0) is 24.3 Å². The third-order valence-corrected chi connectivity index (χ3v) is 5.27. The number of aromatic nitrogens is 1. The van der Waals surface area contributed by atoms with Crippen molar-refractivity contribution < 1.29 is 24.2 Å². The minimum atomic E-state index is -0.987. The number of carboxylic acids is 1. The van der Waals surface area contributed by atoms with Crippen molar-refractivity contribution in [2.75, 3.05) is 37.5 Å². The van der Waals surface area contributed by atoms with Crippen LogP contribution in [-0.2, 0) is 0 Å². The first kappa shape index (κ1) is 21.1. The summed E-state index contributed by atoms with van der Waals surface area (Å²) in [6.07, 6.45) is 3.63. The molecule has 1 aliphatic heterocycles. The third-order valence-electron chi connectivity index (χ3n) is 5.27. The summed E-state index contributed by atoms with van der Waals surface area (Å²) in [5, 5.41) is 15.4. The number of ether oxygens (including phenoxy) is 2. The Bertz CT molecular complexity index is 1100. The van der Waals surface area contributed by atoms with Crippen LogP contribution in [-0.4, -0.2) is 55.0 Å². The molecule has 2 amide bonds. The van der Waals surface area contributed by atoms with Crippen LogP contribution in [0.15, 0.2) is 60.9 Å². The molecule has 0 unspecified atom stereocenters. The molecular formula is C23H24N4O5. The van der Waals surface area contributed by atoms with Crippen LogP contribution >= 0.6 is 0 Å². The van der Waals surface area contributed by atoms with E-state index in [1.807, 2.05) is 35.5 Å². The first-order valence-electron chi connectivity index (χ1n) is 10.0. The maximum atomic E-state index is 12.5. The van der Waals surface area contributed by atoms with Crippen molar-refractivity contribution in [1.29, 1.82) is 0 Å². The van der Waals surface area contributed by atoms with Gasteiger partial charge >= 0.3 is 12.0 Å². The maximum Gasteiger partial charge on any atom is 0.337 e. The van der Waals surface area contributed by atoms with Gasteiger partial charge in [0, 0.05) is 49.4 Å². The Labute approximate surface area is 185 Å². The van der Waals surface area contributed by atoms with E-state index in [0.29, 0.717) is 36.0 Å². The number of nitrogens with zero attached hydrogens (tertiary/aromatic N) is 2. The second-order valence-corrected chi connectivity index (χ2v) is 7.37. The molecule has 3 aromatic rings. The summed E-state index contributed by atoms with van der Waals surface area (Å²) < 4.78 is 12.2. The molecule has 0 radical (unpaired) electrons. The number of nitrogens with one attached hydrogen (secondary N) is 2. The van der Waals surface area contributed by atoms with Crippen LogP contribution in [0.5, 0.6) is 11.5 Å². The largest absolute Gasteiger partial charge is 0.497 e. The van der Waals surface area contributed by atoms with Crippen molar-refractivity contribution in [3.8, 4) is 17.2 Å². The van der Waals surface area contributed by atoms with Crippen LogP contribution in [0.25, 0.3) is 5.69 Å². The fraction of sp³-hybridized carbons (Fsp3) is 0.217. The lowest BCUT2D eigenvalue weighted by molar-refractivity contribution is 0.0697. The zero-order valence-electron chi connectivity index (χ0n) is 17.7. The molecular weight excluding hydrogens is 412 g/mol. The Morgan fingerprint density at radius 2 is 1.66 bits per heavy atom. The minimum absolute atomic E-state index is 0.0755. The van der Waals surface area contributed by atoms with Gasteiger partial charge < -0.3 is 34.7 Å². The lowest BCUT2D eigenvalue weighted by atomic mass is 10.0. The van der Waals surface area contributed by atoms with Crippen molar-refractivity contribution in [2.24, 2.45) is 0 Å². The number of hydrogen-bond acceptors (Lipinski definition) is 5. The van der Waals surface area contributed by atoms with E-state index < -0.39 is 5.97 Å². The third kappa shape index (κ3) is 4.31. The van der Waals surface area contributed by atoms with Gasteiger partial charge in [-0.25, -0.2) is 9.59 Å². The minimum Gasteiger partial charge on any atom is -0.497 e. The molecule has 3 N–H and O–H groups in total. The molecule has 0 spiro atoms. The van der Waals surface area contributed by atoms with E-state index in [2.05, 4.69) is 10.6 Å². The monoisotopic (exact) mass is 436 g/mol. The fourth-order valence-corrected chi connectivity index (χ4v) is 3.71. The average molecular weight is 436 g/mol. The highest BCUT2D eigenvalue weighted by Crippen LogP contribution is 2.31. The average Bonchev–Trinajstić information content (AvgIpc) is 3.29. The summed E-state index contributed by atoms with van der Waals surface area (Å²) in [6.45, 7) is 1.12. The second-order valence-electron chi connectivity index (χ2n) is 7.37. The van der Waals surface area contributed by atoms with Gasteiger partial charge in [0.05, 0.1) is 37.2 Å². The van der Waals surface area contributed by atoms with Crippen LogP contribution < -0.4 is 25.0 Å². The van der Waals surface area contributed by atoms with Gasteiger partial charge in [0.15, 0.2) is 0 Å². The molecule has 2 aromatic carbocycles. The zero-order valence-corrected chi connectivity index (χ0v) is 17.7. The summed E-state index contributed by atoms with van der Waals surface area (Å²) in [4.78, 5) is 26.3. The molecule has 0 saturated carbocycles. The SMILES string of the molecule is COc1cc(NC(=O)NC2CN(c3cccc(C(=O)O)c3-n3cccc3)C2)cc(OC)c1. The molecule has 2 heterocycles. The molecule has 0 atom stereocenters. The summed E-state index contributed by atoms with van der Waals surface area (Å²) in [6, 6.07) is 13.6. The molecule has 1 aliphatic rings. The number of urea groups is 1. The molecule has 0 bridgehead atoms. The smallest absolute Gasteiger partial charge is 0.337 e. The van der Waals surface area contributed by atoms with Gasteiger partial charge in [-0.1, -0.05) is 6.07 Å². The van der Waals surface area contributed by atoms with Gasteiger partial charge in [-0.2, -0.15) is 0 Å². The Morgan fingerprint density at radius 3 is 2.25 bits per heavy atom. The molecule has 1 saturated heterocycles. The topological polar surface area (TPSA) is 105 Å². The second kappa shape index (κ2) is 8.93. The van der Waals surface area contributed by atoms with Gasteiger partial charge in [-0.15, -0.1) is 0 Å². The number of carboxylic acid groups (broad SMARTS) is 1. The standard InChI is InChI=1S/C23H24N4O5/c1-31-17-10-15(11-18(12-17)32-2)24-23(30)25-16-13-27(14-16)20-7-5-6-19(22(28)29)21(20)26-8-3-4-9-26/h3-12,16H,13-14H2,1-2H3,(H,28,29)(H2,24,25,30). The summed E-state index contributed by atoms with van der Waals surface area (Å²) in [7, 11) is 3.09. The zero-order chi connectivity index (χ0) is 22.7. The number of carbonyl (C=O) groups is 2. The number of amides is 2. The molecule has 1 fully saturated rings. The van der Waals surface area contributed by atoms with Gasteiger partial charge in [0.25, 0.3) is 0 Å². The Hall–Kier alpha value is -4.14. The molecule has 9 heteroatoms. The van der Waals surface area contributed by atoms with Crippen LogP contribution in [0.2, 0.25) is 0 Å². The number of anilines is 2.